The number of unbranched alkanes of at least 4 members (excludes halogenated alkanes) is 33. The smallest absolute Gasteiger partial charge is 0.462 e. The van der Waals surface area contributed by atoms with Crippen LogP contribution in [0.4, 0.5) is 0 Å². The first kappa shape index (κ1) is 89.1. The molecular weight excluding hydrogens is 1200 g/mol. The molecule has 0 bridgehead atoms. The van der Waals surface area contributed by atoms with E-state index < -0.39 is 97.5 Å². The van der Waals surface area contributed by atoms with Gasteiger partial charge in [-0.2, -0.15) is 0 Å². The van der Waals surface area contributed by atoms with Gasteiger partial charge in [0.05, 0.1) is 26.4 Å². The van der Waals surface area contributed by atoms with Crippen molar-refractivity contribution in [1.82, 2.24) is 0 Å². The van der Waals surface area contributed by atoms with Crippen molar-refractivity contribution in [2.45, 2.75) is 375 Å². The average molecular weight is 1340 g/mol. The minimum absolute atomic E-state index is 0.104. The molecule has 17 nitrogen and oxygen atoms in total. The van der Waals surface area contributed by atoms with Gasteiger partial charge in [-0.05, 0) is 49.4 Å². The lowest BCUT2D eigenvalue weighted by molar-refractivity contribution is -0.161. The van der Waals surface area contributed by atoms with E-state index in [1.807, 2.05) is 0 Å². The summed E-state index contributed by atoms with van der Waals surface area (Å²) < 4.78 is 68.4. The third-order valence-corrected chi connectivity index (χ3v) is 19.2. The predicted octanol–water partition coefficient (Wildman–Crippen LogP) is 20.5. The first-order valence-electron chi connectivity index (χ1n) is 37.3. The van der Waals surface area contributed by atoms with Crippen LogP contribution in [0.15, 0.2) is 0 Å². The van der Waals surface area contributed by atoms with E-state index in [4.69, 9.17) is 37.0 Å². The van der Waals surface area contributed by atoms with Gasteiger partial charge in [0.2, 0.25) is 0 Å². The van der Waals surface area contributed by atoms with Crippen molar-refractivity contribution in [3.63, 3.8) is 0 Å². The number of phosphoric ester groups is 2. The molecule has 0 amide bonds. The standard InChI is InChI=1S/C72H140O17P2/c1-9-64(7)50-42-34-26-20-22-29-37-45-53-70(75)83-59-68(89-72(77)55-47-39-31-23-21-27-35-43-51-65(8)10-2)61-87-91(80,81)85-57-66(73)56-84-90(78,79)86-60-67(58-82-69(74)52-44-36-28-18-15-14-17-25-33-41-49-63(5)6)88-71(76)54-46-38-30-19-13-11-12-16-24-32-40-48-62(3)4/h62-68,73H,9-61H2,1-8H3,(H,78,79)(H,80,81)/t64?,65?,66-,67-,68-/m1/s1. The van der Waals surface area contributed by atoms with Gasteiger partial charge in [-0.1, -0.05) is 306 Å². The fourth-order valence-electron chi connectivity index (χ4n) is 10.8. The SMILES string of the molecule is CCC(C)CCCCCCCCCCC(=O)OC[C@H](COP(=O)(O)OC[C@H](O)COP(=O)(O)OC[C@@H](COC(=O)CCCCCCCCCCCCC(C)C)OC(=O)CCCCCCCCCCCCCC(C)C)OC(=O)CCCCCCCCCCC(C)CC. The summed E-state index contributed by atoms with van der Waals surface area (Å²) in [6.07, 6.45) is 44.3. The summed E-state index contributed by atoms with van der Waals surface area (Å²) in [7, 11) is -9.91. The molecule has 0 rings (SSSR count). The molecule has 0 aromatic carbocycles. The number of aliphatic hydroxyl groups is 1. The Morgan fingerprint density at radius 2 is 0.527 bits per heavy atom. The van der Waals surface area contributed by atoms with E-state index in [0.29, 0.717) is 25.7 Å². The molecule has 0 radical (unpaired) electrons. The lowest BCUT2D eigenvalue weighted by Gasteiger charge is -2.21. The van der Waals surface area contributed by atoms with E-state index in [1.165, 1.54) is 161 Å². The molecule has 540 valence electrons. The van der Waals surface area contributed by atoms with Gasteiger partial charge in [0.25, 0.3) is 0 Å². The molecule has 0 heterocycles. The first-order chi connectivity index (χ1) is 43.7. The molecule has 0 aliphatic carbocycles. The second-order valence-electron chi connectivity index (χ2n) is 27.4. The molecule has 91 heavy (non-hydrogen) atoms. The van der Waals surface area contributed by atoms with Crippen molar-refractivity contribution in [3.8, 4) is 0 Å². The molecule has 3 N–H and O–H groups in total. The van der Waals surface area contributed by atoms with Gasteiger partial charge in [0, 0.05) is 25.7 Å². The van der Waals surface area contributed by atoms with E-state index in [0.717, 1.165) is 114 Å². The Hall–Kier alpha value is -1.94. The molecule has 19 heteroatoms. The van der Waals surface area contributed by atoms with E-state index in [-0.39, 0.29) is 25.7 Å². The van der Waals surface area contributed by atoms with Crippen LogP contribution in [0.5, 0.6) is 0 Å². The lowest BCUT2D eigenvalue weighted by atomic mass is 9.99. The molecule has 0 saturated carbocycles. The van der Waals surface area contributed by atoms with E-state index >= 15 is 0 Å². The van der Waals surface area contributed by atoms with Crippen LogP contribution in [0.25, 0.3) is 0 Å². The molecular formula is C72H140O17P2. The van der Waals surface area contributed by atoms with Gasteiger partial charge in [0.1, 0.15) is 19.3 Å². The van der Waals surface area contributed by atoms with Crippen LogP contribution < -0.4 is 0 Å². The monoisotopic (exact) mass is 1340 g/mol. The summed E-state index contributed by atoms with van der Waals surface area (Å²) >= 11 is 0. The maximum atomic E-state index is 13.0. The number of aliphatic hydroxyl groups excluding tert-OH is 1. The fraction of sp³-hybridized carbons (Fsp3) is 0.944. The average Bonchev–Trinajstić information content (AvgIpc) is 3.67. The largest absolute Gasteiger partial charge is 0.472 e. The predicted molar refractivity (Wildman–Crippen MR) is 367 cm³/mol. The zero-order chi connectivity index (χ0) is 67.5. The van der Waals surface area contributed by atoms with Crippen molar-refractivity contribution >= 4 is 39.5 Å². The van der Waals surface area contributed by atoms with Crippen LogP contribution in [0.2, 0.25) is 0 Å². The Bertz CT molecular complexity index is 1800. The van der Waals surface area contributed by atoms with E-state index in [9.17, 15) is 43.2 Å². The fourth-order valence-corrected chi connectivity index (χ4v) is 12.4. The van der Waals surface area contributed by atoms with E-state index in [2.05, 4.69) is 55.4 Å². The third kappa shape index (κ3) is 63.9. The Labute approximate surface area is 556 Å². The molecule has 0 aliphatic rings. The molecule has 4 unspecified atom stereocenters. The molecule has 0 aromatic heterocycles. The number of phosphoric acid groups is 2. The van der Waals surface area contributed by atoms with Gasteiger partial charge >= 0.3 is 39.5 Å². The number of carbonyl (C=O) groups is 4. The highest BCUT2D eigenvalue weighted by atomic mass is 31.2. The van der Waals surface area contributed by atoms with Crippen molar-refractivity contribution in [3.05, 3.63) is 0 Å². The quantitative estimate of drug-likeness (QED) is 0.0222. The van der Waals surface area contributed by atoms with Gasteiger partial charge in [-0.15, -0.1) is 0 Å². The van der Waals surface area contributed by atoms with Crippen LogP contribution in [0.1, 0.15) is 357 Å². The number of carbonyl (C=O) groups excluding carboxylic acids is 4. The highest BCUT2D eigenvalue weighted by Crippen LogP contribution is 2.45. The summed E-state index contributed by atoms with van der Waals surface area (Å²) in [4.78, 5) is 72.7. The second kappa shape index (κ2) is 61.6. The van der Waals surface area contributed by atoms with Crippen LogP contribution in [-0.2, 0) is 65.4 Å². The number of esters is 4. The van der Waals surface area contributed by atoms with Gasteiger partial charge in [-0.25, -0.2) is 9.13 Å². The summed E-state index contributed by atoms with van der Waals surface area (Å²) in [5.74, 6) is 0.944. The number of hydrogen-bond donors (Lipinski definition) is 3. The maximum Gasteiger partial charge on any atom is 0.472 e. The number of hydrogen-bond acceptors (Lipinski definition) is 15. The lowest BCUT2D eigenvalue weighted by Crippen LogP contribution is -2.30. The third-order valence-electron chi connectivity index (χ3n) is 17.3. The van der Waals surface area contributed by atoms with Crippen LogP contribution >= 0.6 is 15.6 Å². The Kier molecular flexibility index (Phi) is 60.3. The van der Waals surface area contributed by atoms with Crippen molar-refractivity contribution in [2.75, 3.05) is 39.6 Å². The zero-order valence-electron chi connectivity index (χ0n) is 59.5. The Balaban J connectivity index is 5.28. The topological polar surface area (TPSA) is 237 Å². The molecule has 0 spiro atoms. The van der Waals surface area contributed by atoms with Crippen molar-refractivity contribution in [2.24, 2.45) is 23.7 Å². The van der Waals surface area contributed by atoms with E-state index in [1.54, 1.807) is 0 Å². The van der Waals surface area contributed by atoms with Gasteiger partial charge in [-0.3, -0.25) is 37.3 Å². The van der Waals surface area contributed by atoms with Crippen LogP contribution in [0, 0.1) is 23.7 Å². The number of ether oxygens (including phenoxy) is 4. The summed E-state index contributed by atoms with van der Waals surface area (Å²) in [5.41, 5.74) is 0. The molecule has 0 saturated heterocycles. The first-order valence-corrected chi connectivity index (χ1v) is 40.3. The highest BCUT2D eigenvalue weighted by molar-refractivity contribution is 7.47. The molecule has 0 fully saturated rings. The molecule has 7 atom stereocenters. The zero-order valence-corrected chi connectivity index (χ0v) is 61.3. The maximum absolute atomic E-state index is 13.0. The van der Waals surface area contributed by atoms with Crippen molar-refractivity contribution in [1.29, 1.82) is 0 Å². The van der Waals surface area contributed by atoms with Gasteiger partial charge in [0.15, 0.2) is 12.2 Å². The Morgan fingerprint density at radius 3 is 0.780 bits per heavy atom. The van der Waals surface area contributed by atoms with Crippen LogP contribution in [0.3, 0.4) is 0 Å². The molecule has 0 aliphatic heterocycles. The minimum atomic E-state index is -4.95. The van der Waals surface area contributed by atoms with Crippen molar-refractivity contribution < 1.29 is 80.2 Å². The normalized spacial score (nSPS) is 14.8. The molecule has 0 aromatic rings. The highest BCUT2D eigenvalue weighted by Gasteiger charge is 2.30. The number of rotatable bonds is 69. The second-order valence-corrected chi connectivity index (χ2v) is 30.3. The summed E-state index contributed by atoms with van der Waals surface area (Å²) in [5, 5.41) is 10.6. The summed E-state index contributed by atoms with van der Waals surface area (Å²) in [6, 6.07) is 0. The minimum Gasteiger partial charge on any atom is -0.462 e. The summed E-state index contributed by atoms with van der Waals surface area (Å²) in [6.45, 7) is 14.2. The van der Waals surface area contributed by atoms with Gasteiger partial charge < -0.3 is 33.8 Å². The van der Waals surface area contributed by atoms with Crippen LogP contribution in [-0.4, -0.2) is 96.7 Å². The Morgan fingerprint density at radius 1 is 0.308 bits per heavy atom.